The van der Waals surface area contributed by atoms with E-state index in [0.29, 0.717) is 5.92 Å². The highest BCUT2D eigenvalue weighted by Crippen LogP contribution is 2.31. The molecule has 1 aliphatic rings. The number of hydrogen-bond donors (Lipinski definition) is 1. The first-order valence-electron chi connectivity index (χ1n) is 5.93. The first-order valence-corrected chi connectivity index (χ1v) is 5.93. The molecule has 1 unspecified atom stereocenters. The first kappa shape index (κ1) is 10.3. The van der Waals surface area contributed by atoms with Crippen LogP contribution in [0.1, 0.15) is 29.0 Å². The fraction of sp³-hybridized carbons (Fsp3) is 0.286. The molecule has 0 spiro atoms. The van der Waals surface area contributed by atoms with E-state index in [4.69, 9.17) is 0 Å². The van der Waals surface area contributed by atoms with Crippen LogP contribution in [-0.4, -0.2) is 9.97 Å². The highest BCUT2D eigenvalue weighted by atomic mass is 16.1. The largest absolute Gasteiger partial charge is 0.329 e. The van der Waals surface area contributed by atoms with E-state index in [1.54, 1.807) is 6.07 Å². The van der Waals surface area contributed by atoms with Gasteiger partial charge in [0.15, 0.2) is 0 Å². The molecule has 0 saturated heterocycles. The lowest BCUT2D eigenvalue weighted by molar-refractivity contribution is 0.581. The average Bonchev–Trinajstić information content (AvgIpc) is 2.39. The molecule has 0 saturated carbocycles. The average molecular weight is 226 g/mol. The Labute approximate surface area is 99.5 Å². The minimum Gasteiger partial charge on any atom is -0.329 e. The topological polar surface area (TPSA) is 45.8 Å². The minimum atomic E-state index is 0.00566. The number of pyridine rings is 2. The number of rotatable bonds is 1. The minimum absolute atomic E-state index is 0.00566. The summed E-state index contributed by atoms with van der Waals surface area (Å²) in [4.78, 5) is 18.0. The summed E-state index contributed by atoms with van der Waals surface area (Å²) >= 11 is 0. The Hall–Kier alpha value is -1.90. The van der Waals surface area contributed by atoms with Crippen molar-refractivity contribution in [2.24, 2.45) is 0 Å². The van der Waals surface area contributed by atoms with Crippen molar-refractivity contribution in [1.29, 1.82) is 0 Å². The Morgan fingerprint density at radius 3 is 2.88 bits per heavy atom. The van der Waals surface area contributed by atoms with Crippen molar-refractivity contribution in [2.75, 3.05) is 0 Å². The molecule has 2 heterocycles. The molecule has 0 aliphatic heterocycles. The number of aromatic amines is 1. The molecular formula is C14H14N2O. The SMILES string of the molecule is O=c1cc2c(c[nH]1)CC(c1ccncc1)CC2. The summed E-state index contributed by atoms with van der Waals surface area (Å²) in [6, 6.07) is 5.90. The molecular weight excluding hydrogens is 212 g/mol. The third kappa shape index (κ3) is 2.00. The zero-order valence-electron chi connectivity index (χ0n) is 9.52. The van der Waals surface area contributed by atoms with Crippen LogP contribution in [0.5, 0.6) is 0 Å². The van der Waals surface area contributed by atoms with Crippen molar-refractivity contribution in [2.45, 2.75) is 25.2 Å². The molecule has 3 nitrogen and oxygen atoms in total. The molecule has 0 bridgehead atoms. The maximum absolute atomic E-state index is 11.2. The predicted octanol–water partition coefficient (Wildman–Crippen LogP) is 2.04. The molecule has 0 fully saturated rings. The smallest absolute Gasteiger partial charge is 0.248 e. The molecule has 1 N–H and O–H groups in total. The lowest BCUT2D eigenvalue weighted by Gasteiger charge is -2.24. The molecule has 0 radical (unpaired) electrons. The molecule has 86 valence electrons. The third-order valence-electron chi connectivity index (χ3n) is 3.51. The second-order valence-electron chi connectivity index (χ2n) is 4.57. The third-order valence-corrected chi connectivity index (χ3v) is 3.51. The number of aromatic nitrogens is 2. The van der Waals surface area contributed by atoms with Crippen LogP contribution >= 0.6 is 0 Å². The molecule has 2 aromatic heterocycles. The highest BCUT2D eigenvalue weighted by molar-refractivity contribution is 5.31. The zero-order chi connectivity index (χ0) is 11.7. The van der Waals surface area contributed by atoms with Crippen molar-refractivity contribution in [3.8, 4) is 0 Å². The normalized spacial score (nSPS) is 18.7. The monoisotopic (exact) mass is 226 g/mol. The van der Waals surface area contributed by atoms with Crippen LogP contribution in [0.2, 0.25) is 0 Å². The molecule has 3 heteroatoms. The molecule has 17 heavy (non-hydrogen) atoms. The number of aryl methyl sites for hydroxylation is 1. The van der Waals surface area contributed by atoms with Crippen molar-refractivity contribution in [3.05, 3.63) is 63.8 Å². The summed E-state index contributed by atoms with van der Waals surface area (Å²) in [6.07, 6.45) is 8.67. The van der Waals surface area contributed by atoms with E-state index in [1.807, 2.05) is 18.6 Å². The zero-order valence-corrected chi connectivity index (χ0v) is 9.52. The van der Waals surface area contributed by atoms with E-state index in [0.717, 1.165) is 19.3 Å². The van der Waals surface area contributed by atoms with Crippen molar-refractivity contribution < 1.29 is 0 Å². The van der Waals surface area contributed by atoms with E-state index in [9.17, 15) is 4.79 Å². The second kappa shape index (κ2) is 4.17. The van der Waals surface area contributed by atoms with Gasteiger partial charge in [0.2, 0.25) is 5.56 Å². The van der Waals surface area contributed by atoms with Crippen LogP contribution < -0.4 is 5.56 Å². The van der Waals surface area contributed by atoms with Gasteiger partial charge in [-0.05, 0) is 54.0 Å². The lowest BCUT2D eigenvalue weighted by atomic mass is 9.81. The number of H-pyrrole nitrogens is 1. The van der Waals surface area contributed by atoms with Crippen LogP contribution in [0.25, 0.3) is 0 Å². The van der Waals surface area contributed by atoms with Gasteiger partial charge in [0.05, 0.1) is 0 Å². The van der Waals surface area contributed by atoms with Gasteiger partial charge in [-0.15, -0.1) is 0 Å². The summed E-state index contributed by atoms with van der Waals surface area (Å²) in [5.74, 6) is 0.552. The Bertz CT molecular complexity index is 574. The Balaban J connectivity index is 1.91. The second-order valence-corrected chi connectivity index (χ2v) is 4.57. The number of hydrogen-bond acceptors (Lipinski definition) is 2. The van der Waals surface area contributed by atoms with E-state index >= 15 is 0 Å². The Morgan fingerprint density at radius 2 is 2.06 bits per heavy atom. The van der Waals surface area contributed by atoms with Gasteiger partial charge in [-0.25, -0.2) is 0 Å². The maximum Gasteiger partial charge on any atom is 0.248 e. The molecule has 0 amide bonds. The maximum atomic E-state index is 11.2. The Kier molecular flexibility index (Phi) is 2.52. The fourth-order valence-electron chi connectivity index (χ4n) is 2.58. The van der Waals surface area contributed by atoms with Gasteiger partial charge in [0, 0.05) is 24.7 Å². The van der Waals surface area contributed by atoms with E-state index in [-0.39, 0.29) is 5.56 Å². The Morgan fingerprint density at radius 1 is 1.24 bits per heavy atom. The van der Waals surface area contributed by atoms with Crippen molar-refractivity contribution in [3.63, 3.8) is 0 Å². The van der Waals surface area contributed by atoms with Gasteiger partial charge in [0.1, 0.15) is 0 Å². The van der Waals surface area contributed by atoms with Crippen LogP contribution in [0.4, 0.5) is 0 Å². The first-order chi connectivity index (χ1) is 8.33. The summed E-state index contributed by atoms with van der Waals surface area (Å²) < 4.78 is 0. The van der Waals surface area contributed by atoms with E-state index in [2.05, 4.69) is 22.1 Å². The molecule has 3 rings (SSSR count). The van der Waals surface area contributed by atoms with Crippen LogP contribution in [-0.2, 0) is 12.8 Å². The van der Waals surface area contributed by atoms with Crippen LogP contribution in [0.3, 0.4) is 0 Å². The summed E-state index contributed by atoms with van der Waals surface area (Å²) in [7, 11) is 0. The molecule has 1 aliphatic carbocycles. The fourth-order valence-corrected chi connectivity index (χ4v) is 2.58. The summed E-state index contributed by atoms with van der Waals surface area (Å²) in [5.41, 5.74) is 3.83. The van der Waals surface area contributed by atoms with Gasteiger partial charge >= 0.3 is 0 Å². The lowest BCUT2D eigenvalue weighted by Crippen LogP contribution is -2.17. The molecule has 1 atom stereocenters. The summed E-state index contributed by atoms with van der Waals surface area (Å²) in [6.45, 7) is 0. The van der Waals surface area contributed by atoms with Crippen molar-refractivity contribution >= 4 is 0 Å². The van der Waals surface area contributed by atoms with E-state index < -0.39 is 0 Å². The van der Waals surface area contributed by atoms with Gasteiger partial charge in [-0.3, -0.25) is 9.78 Å². The number of nitrogens with one attached hydrogen (secondary N) is 1. The molecule has 0 aromatic carbocycles. The predicted molar refractivity (Wildman–Crippen MR) is 66.1 cm³/mol. The number of fused-ring (bicyclic) bond motifs is 1. The van der Waals surface area contributed by atoms with E-state index in [1.165, 1.54) is 16.7 Å². The van der Waals surface area contributed by atoms with Crippen LogP contribution in [0.15, 0.2) is 41.6 Å². The molecule has 2 aromatic rings. The summed E-state index contributed by atoms with van der Waals surface area (Å²) in [5, 5.41) is 0. The van der Waals surface area contributed by atoms with Crippen LogP contribution in [0, 0.1) is 0 Å². The quantitative estimate of drug-likeness (QED) is 0.808. The number of nitrogens with zero attached hydrogens (tertiary/aromatic N) is 1. The van der Waals surface area contributed by atoms with Gasteiger partial charge in [-0.2, -0.15) is 0 Å². The standard InChI is InChI=1S/C14H14N2O/c17-14-8-12-2-1-11(7-13(12)9-16-14)10-3-5-15-6-4-10/h3-6,8-9,11H,1-2,7H2,(H,16,17). The van der Waals surface area contributed by atoms with Gasteiger partial charge < -0.3 is 4.98 Å². The van der Waals surface area contributed by atoms with Gasteiger partial charge in [-0.1, -0.05) is 0 Å². The van der Waals surface area contributed by atoms with Crippen molar-refractivity contribution in [1.82, 2.24) is 9.97 Å². The van der Waals surface area contributed by atoms with Gasteiger partial charge in [0.25, 0.3) is 0 Å². The highest BCUT2D eigenvalue weighted by Gasteiger charge is 2.20.